The lowest BCUT2D eigenvalue weighted by atomic mass is 10.1. The summed E-state index contributed by atoms with van der Waals surface area (Å²) < 4.78 is 23.7. The molecule has 0 saturated heterocycles. The highest BCUT2D eigenvalue weighted by Gasteiger charge is 2.34. The van der Waals surface area contributed by atoms with Crippen molar-refractivity contribution in [2.45, 2.75) is 31.4 Å². The van der Waals surface area contributed by atoms with Crippen LogP contribution in [0, 0.1) is 0 Å². The average Bonchev–Trinajstić information content (AvgIpc) is 2.12. The Morgan fingerprint density at radius 3 is 2.40 bits per heavy atom. The fourth-order valence-electron chi connectivity index (χ4n) is 1.41. The molecule has 1 rings (SSSR count). The summed E-state index contributed by atoms with van der Waals surface area (Å²) in [5.41, 5.74) is -1.21. The van der Waals surface area contributed by atoms with E-state index in [1.54, 1.807) is 0 Å². The molecule has 1 fully saturated rings. The van der Waals surface area contributed by atoms with E-state index in [-0.39, 0.29) is 5.75 Å². The third-order valence-corrected chi connectivity index (χ3v) is 2.70. The van der Waals surface area contributed by atoms with Crippen LogP contribution in [0.15, 0.2) is 0 Å². The summed E-state index contributed by atoms with van der Waals surface area (Å²) in [4.78, 5) is 0. The first-order valence-electron chi connectivity index (χ1n) is 3.44. The molecule has 0 bridgehead atoms. The normalized spacial score (nSPS) is 26.6. The van der Waals surface area contributed by atoms with Gasteiger partial charge in [-0.1, -0.05) is 12.8 Å². The molecule has 4 heteroatoms. The van der Waals surface area contributed by atoms with Gasteiger partial charge in [-0.3, -0.25) is 5.14 Å². The van der Waals surface area contributed by atoms with Crippen molar-refractivity contribution in [2.24, 2.45) is 5.14 Å². The van der Waals surface area contributed by atoms with Gasteiger partial charge in [0.05, 0.1) is 16.7 Å². The van der Waals surface area contributed by atoms with Crippen LogP contribution in [0.4, 0.5) is 4.39 Å². The highest BCUT2D eigenvalue weighted by atomic mass is 32.2. The van der Waals surface area contributed by atoms with E-state index in [0.29, 0.717) is 12.8 Å². The number of nitrogens with two attached hydrogens (primary N) is 1. The molecule has 1 unspecified atom stereocenters. The SMILES string of the molecule is NS(=O)CC1(F)CCCC1. The standard InChI is InChI=1S/C6H12FNOS/c7-6(5-10(8)9)3-1-2-4-6/h1-5,8H2. The minimum atomic E-state index is -1.47. The van der Waals surface area contributed by atoms with Gasteiger partial charge in [0.15, 0.2) is 0 Å². The van der Waals surface area contributed by atoms with Crippen molar-refractivity contribution in [2.75, 3.05) is 5.75 Å². The van der Waals surface area contributed by atoms with Crippen molar-refractivity contribution in [1.82, 2.24) is 0 Å². The highest BCUT2D eigenvalue weighted by Crippen LogP contribution is 2.33. The van der Waals surface area contributed by atoms with Crippen molar-refractivity contribution in [3.05, 3.63) is 0 Å². The first kappa shape index (κ1) is 8.14. The van der Waals surface area contributed by atoms with E-state index in [2.05, 4.69) is 0 Å². The zero-order valence-corrected chi connectivity index (χ0v) is 6.62. The van der Waals surface area contributed by atoms with Gasteiger partial charge in [-0.2, -0.15) is 0 Å². The lowest BCUT2D eigenvalue weighted by Crippen LogP contribution is -2.29. The van der Waals surface area contributed by atoms with Crippen LogP contribution in [0.3, 0.4) is 0 Å². The summed E-state index contributed by atoms with van der Waals surface area (Å²) in [5, 5.41) is 4.99. The third kappa shape index (κ3) is 2.02. The number of alkyl halides is 1. The van der Waals surface area contributed by atoms with Gasteiger partial charge in [0.1, 0.15) is 5.67 Å². The van der Waals surface area contributed by atoms with Crippen molar-refractivity contribution in [3.63, 3.8) is 0 Å². The maximum absolute atomic E-state index is 13.3. The molecule has 10 heavy (non-hydrogen) atoms. The molecule has 1 aliphatic carbocycles. The maximum Gasteiger partial charge on any atom is 0.123 e. The van der Waals surface area contributed by atoms with Crippen molar-refractivity contribution in [3.8, 4) is 0 Å². The van der Waals surface area contributed by atoms with Gasteiger partial charge in [0.25, 0.3) is 0 Å². The van der Waals surface area contributed by atoms with Gasteiger partial charge in [-0.05, 0) is 12.8 Å². The third-order valence-electron chi connectivity index (χ3n) is 1.90. The van der Waals surface area contributed by atoms with Gasteiger partial charge in [-0.25, -0.2) is 8.60 Å². The summed E-state index contributed by atoms with van der Waals surface area (Å²) in [6.07, 6.45) is 2.90. The van der Waals surface area contributed by atoms with Gasteiger partial charge < -0.3 is 0 Å². The second-order valence-electron chi connectivity index (χ2n) is 2.88. The van der Waals surface area contributed by atoms with Crippen LogP contribution in [0.5, 0.6) is 0 Å². The molecule has 1 saturated carbocycles. The Balaban J connectivity index is 2.43. The number of hydrogen-bond acceptors (Lipinski definition) is 1. The van der Waals surface area contributed by atoms with Crippen LogP contribution in [-0.2, 0) is 11.0 Å². The first-order valence-corrected chi connectivity index (χ1v) is 4.82. The van der Waals surface area contributed by atoms with E-state index in [1.165, 1.54) is 0 Å². The first-order chi connectivity index (χ1) is 4.62. The molecular formula is C6H12FNOS. The van der Waals surface area contributed by atoms with Gasteiger partial charge in [-0.15, -0.1) is 0 Å². The largest absolute Gasteiger partial charge is 0.252 e. The van der Waals surface area contributed by atoms with Crippen LogP contribution in [-0.4, -0.2) is 15.6 Å². The van der Waals surface area contributed by atoms with Crippen molar-refractivity contribution < 1.29 is 8.60 Å². The van der Waals surface area contributed by atoms with E-state index < -0.39 is 16.7 Å². The smallest absolute Gasteiger partial charge is 0.123 e. The van der Waals surface area contributed by atoms with Gasteiger partial charge in [0.2, 0.25) is 0 Å². The Labute approximate surface area is 62.6 Å². The molecule has 2 N–H and O–H groups in total. The summed E-state index contributed by atoms with van der Waals surface area (Å²) in [6.45, 7) is 0. The number of halogens is 1. The van der Waals surface area contributed by atoms with E-state index in [1.807, 2.05) is 0 Å². The molecule has 1 aliphatic rings. The van der Waals surface area contributed by atoms with E-state index in [4.69, 9.17) is 5.14 Å². The van der Waals surface area contributed by atoms with E-state index in [0.717, 1.165) is 12.8 Å². The van der Waals surface area contributed by atoms with Crippen LogP contribution in [0.1, 0.15) is 25.7 Å². The Morgan fingerprint density at radius 1 is 1.50 bits per heavy atom. The van der Waals surface area contributed by atoms with Crippen molar-refractivity contribution in [1.29, 1.82) is 0 Å². The second-order valence-corrected chi connectivity index (χ2v) is 3.93. The minimum Gasteiger partial charge on any atom is -0.252 e. The molecule has 0 aromatic rings. The summed E-state index contributed by atoms with van der Waals surface area (Å²) in [5.74, 6) is 0.0208. The maximum atomic E-state index is 13.3. The molecular weight excluding hydrogens is 153 g/mol. The number of rotatable bonds is 2. The minimum absolute atomic E-state index is 0.0208. The summed E-state index contributed by atoms with van der Waals surface area (Å²) in [7, 11) is -1.47. The Bertz CT molecular complexity index is 145. The molecule has 0 spiro atoms. The van der Waals surface area contributed by atoms with Crippen LogP contribution in [0.25, 0.3) is 0 Å². The van der Waals surface area contributed by atoms with Gasteiger partial charge >= 0.3 is 0 Å². The lowest BCUT2D eigenvalue weighted by Gasteiger charge is -2.15. The quantitative estimate of drug-likeness (QED) is 0.648. The summed E-state index contributed by atoms with van der Waals surface area (Å²) >= 11 is 0. The fraction of sp³-hybridized carbons (Fsp3) is 1.00. The molecule has 2 nitrogen and oxygen atoms in total. The average molecular weight is 165 g/mol. The second kappa shape index (κ2) is 2.96. The molecule has 0 aromatic carbocycles. The lowest BCUT2D eigenvalue weighted by molar-refractivity contribution is 0.205. The zero-order valence-electron chi connectivity index (χ0n) is 5.81. The predicted molar refractivity (Wildman–Crippen MR) is 39.5 cm³/mol. The molecule has 1 atom stereocenters. The number of hydrogen-bond donors (Lipinski definition) is 1. The molecule has 60 valence electrons. The van der Waals surface area contributed by atoms with Crippen LogP contribution >= 0.6 is 0 Å². The molecule has 0 radical (unpaired) electrons. The Hall–Kier alpha value is 0.0400. The topological polar surface area (TPSA) is 43.1 Å². The van der Waals surface area contributed by atoms with Gasteiger partial charge in [0, 0.05) is 0 Å². The molecule has 0 amide bonds. The van der Waals surface area contributed by atoms with E-state index in [9.17, 15) is 8.60 Å². The monoisotopic (exact) mass is 165 g/mol. The Morgan fingerprint density at radius 2 is 2.00 bits per heavy atom. The van der Waals surface area contributed by atoms with Crippen LogP contribution < -0.4 is 5.14 Å². The van der Waals surface area contributed by atoms with Crippen molar-refractivity contribution >= 4 is 11.0 Å². The van der Waals surface area contributed by atoms with E-state index >= 15 is 0 Å². The molecule has 0 aromatic heterocycles. The predicted octanol–water partition coefficient (Wildman–Crippen LogP) is 0.891. The highest BCUT2D eigenvalue weighted by molar-refractivity contribution is 7.82. The molecule has 0 heterocycles. The molecule has 0 aliphatic heterocycles. The Kier molecular flexibility index (Phi) is 2.41. The summed E-state index contributed by atoms with van der Waals surface area (Å²) in [6, 6.07) is 0. The van der Waals surface area contributed by atoms with Crippen LogP contribution in [0.2, 0.25) is 0 Å². The fourth-order valence-corrected chi connectivity index (χ4v) is 2.21. The zero-order chi connectivity index (χ0) is 7.61.